The molecular formula is C12H26NO2+. The van der Waals surface area contributed by atoms with E-state index in [2.05, 4.69) is 6.92 Å². The number of hydrogen-bond acceptors (Lipinski definition) is 2. The zero-order valence-electron chi connectivity index (χ0n) is 10.9. The molecule has 1 atom stereocenters. The molecule has 0 aliphatic rings. The van der Waals surface area contributed by atoms with Crippen LogP contribution in [0.1, 0.15) is 39.5 Å². The molecule has 1 unspecified atom stereocenters. The van der Waals surface area contributed by atoms with Gasteiger partial charge in [0.05, 0.1) is 21.1 Å². The number of carbonyl (C=O) groups excluding carboxylic acids is 1. The molecule has 0 heterocycles. The standard InChI is InChI=1S/C12H26NO2/c1-6-8-9-10-15-11(7-2)12(14)13(3,4)5/h11H,6-10H2,1-5H3/q+1. The van der Waals surface area contributed by atoms with Crippen molar-refractivity contribution in [2.45, 2.75) is 45.6 Å². The Morgan fingerprint density at radius 1 is 1.20 bits per heavy atom. The van der Waals surface area contributed by atoms with Crippen molar-refractivity contribution >= 4 is 5.91 Å². The Morgan fingerprint density at radius 2 is 1.80 bits per heavy atom. The van der Waals surface area contributed by atoms with Crippen LogP contribution in [-0.2, 0) is 9.53 Å². The molecule has 0 rings (SSSR count). The number of quaternary nitrogens is 1. The van der Waals surface area contributed by atoms with E-state index in [1.54, 1.807) is 0 Å². The molecule has 90 valence electrons. The minimum Gasteiger partial charge on any atom is -0.364 e. The van der Waals surface area contributed by atoms with Crippen LogP contribution >= 0.6 is 0 Å². The van der Waals surface area contributed by atoms with Crippen LogP contribution in [0.2, 0.25) is 0 Å². The van der Waals surface area contributed by atoms with Crippen molar-refractivity contribution in [2.75, 3.05) is 27.7 Å². The number of rotatable bonds is 7. The highest BCUT2D eigenvalue weighted by atomic mass is 16.5. The quantitative estimate of drug-likeness (QED) is 0.482. The average molecular weight is 216 g/mol. The number of hydrogen-bond donors (Lipinski definition) is 0. The van der Waals surface area contributed by atoms with E-state index >= 15 is 0 Å². The molecule has 3 nitrogen and oxygen atoms in total. The molecular weight excluding hydrogens is 190 g/mol. The molecule has 0 N–H and O–H groups in total. The predicted octanol–water partition coefficient (Wildman–Crippen LogP) is 2.20. The summed E-state index contributed by atoms with van der Waals surface area (Å²) in [5, 5.41) is 0. The maximum Gasteiger partial charge on any atom is 0.341 e. The van der Waals surface area contributed by atoms with Gasteiger partial charge < -0.3 is 4.74 Å². The molecule has 0 aliphatic heterocycles. The molecule has 1 amide bonds. The molecule has 0 aromatic heterocycles. The average Bonchev–Trinajstić information content (AvgIpc) is 2.16. The lowest BCUT2D eigenvalue weighted by Gasteiger charge is -2.25. The van der Waals surface area contributed by atoms with Crippen LogP contribution in [0.4, 0.5) is 0 Å². The molecule has 0 radical (unpaired) electrons. The fourth-order valence-electron chi connectivity index (χ4n) is 1.37. The van der Waals surface area contributed by atoms with Crippen molar-refractivity contribution < 1.29 is 14.0 Å². The SMILES string of the molecule is CCCCCOC(CC)C(=O)[N+](C)(C)C. The molecule has 0 spiro atoms. The number of ether oxygens (including phenoxy) is 1. The van der Waals surface area contributed by atoms with E-state index in [4.69, 9.17) is 4.74 Å². The van der Waals surface area contributed by atoms with E-state index in [-0.39, 0.29) is 12.0 Å². The van der Waals surface area contributed by atoms with Crippen LogP contribution in [0.25, 0.3) is 0 Å². The second-order valence-corrected chi connectivity index (χ2v) is 4.83. The van der Waals surface area contributed by atoms with Crippen molar-refractivity contribution in [3.05, 3.63) is 0 Å². The van der Waals surface area contributed by atoms with Crippen LogP contribution in [0.3, 0.4) is 0 Å². The van der Waals surface area contributed by atoms with Crippen molar-refractivity contribution in [1.82, 2.24) is 0 Å². The summed E-state index contributed by atoms with van der Waals surface area (Å²) in [5.74, 6) is 0.161. The second kappa shape index (κ2) is 6.96. The van der Waals surface area contributed by atoms with Gasteiger partial charge in [0.25, 0.3) is 0 Å². The lowest BCUT2D eigenvalue weighted by atomic mass is 10.2. The monoisotopic (exact) mass is 216 g/mol. The fourth-order valence-corrected chi connectivity index (χ4v) is 1.37. The van der Waals surface area contributed by atoms with E-state index in [0.29, 0.717) is 11.1 Å². The molecule has 0 bridgehead atoms. The van der Waals surface area contributed by atoms with Gasteiger partial charge in [-0.15, -0.1) is 0 Å². The first kappa shape index (κ1) is 14.6. The van der Waals surface area contributed by atoms with Crippen LogP contribution in [0.5, 0.6) is 0 Å². The summed E-state index contributed by atoms with van der Waals surface area (Å²) in [6.45, 7) is 4.87. The summed E-state index contributed by atoms with van der Waals surface area (Å²) in [6, 6.07) is 0. The minimum absolute atomic E-state index is 0.161. The number of likely N-dealkylation sites (N-methyl/N-ethyl adjacent to an activating group) is 1. The smallest absolute Gasteiger partial charge is 0.341 e. The number of amides is 1. The third kappa shape index (κ3) is 5.90. The Labute approximate surface area is 94.0 Å². The van der Waals surface area contributed by atoms with Crippen LogP contribution in [0, 0.1) is 0 Å². The normalized spacial score (nSPS) is 13.9. The molecule has 15 heavy (non-hydrogen) atoms. The van der Waals surface area contributed by atoms with Gasteiger partial charge in [-0.3, -0.25) is 4.48 Å². The largest absolute Gasteiger partial charge is 0.364 e. The lowest BCUT2D eigenvalue weighted by Crippen LogP contribution is -2.48. The van der Waals surface area contributed by atoms with Crippen molar-refractivity contribution in [2.24, 2.45) is 0 Å². The molecule has 0 aliphatic carbocycles. The Balaban J connectivity index is 3.97. The predicted molar refractivity (Wildman–Crippen MR) is 62.6 cm³/mol. The van der Waals surface area contributed by atoms with Crippen molar-refractivity contribution in [3.63, 3.8) is 0 Å². The summed E-state index contributed by atoms with van der Waals surface area (Å²) in [7, 11) is 5.67. The maximum absolute atomic E-state index is 11.9. The summed E-state index contributed by atoms with van der Waals surface area (Å²) >= 11 is 0. The highest BCUT2D eigenvalue weighted by Crippen LogP contribution is 2.07. The van der Waals surface area contributed by atoms with Crippen molar-refractivity contribution in [3.8, 4) is 0 Å². The number of nitrogens with zero attached hydrogens (tertiary/aromatic N) is 1. The second-order valence-electron chi connectivity index (χ2n) is 4.83. The zero-order valence-corrected chi connectivity index (χ0v) is 10.9. The van der Waals surface area contributed by atoms with Gasteiger partial charge >= 0.3 is 5.91 Å². The number of carbonyl (C=O) groups is 1. The summed E-state index contributed by atoms with van der Waals surface area (Å²) in [6.07, 6.45) is 3.94. The van der Waals surface area contributed by atoms with Gasteiger partial charge in [-0.1, -0.05) is 26.7 Å². The van der Waals surface area contributed by atoms with E-state index in [0.717, 1.165) is 12.8 Å². The van der Waals surface area contributed by atoms with Gasteiger partial charge in [0.1, 0.15) is 0 Å². The molecule has 0 aromatic carbocycles. The summed E-state index contributed by atoms with van der Waals surface area (Å²) in [4.78, 5) is 11.9. The Kier molecular flexibility index (Phi) is 6.77. The molecule has 0 aromatic rings. The Hall–Kier alpha value is -0.410. The van der Waals surface area contributed by atoms with Gasteiger partial charge in [0, 0.05) is 6.61 Å². The lowest BCUT2D eigenvalue weighted by molar-refractivity contribution is -0.794. The van der Waals surface area contributed by atoms with Gasteiger partial charge in [-0.25, -0.2) is 4.79 Å². The van der Waals surface area contributed by atoms with Gasteiger partial charge in [0.2, 0.25) is 0 Å². The summed E-state index contributed by atoms with van der Waals surface area (Å²) in [5.41, 5.74) is 0. The molecule has 3 heteroatoms. The number of unbranched alkanes of at least 4 members (excludes halogenated alkanes) is 2. The van der Waals surface area contributed by atoms with E-state index in [1.165, 1.54) is 12.8 Å². The first-order valence-electron chi connectivity index (χ1n) is 5.90. The first-order chi connectivity index (χ1) is 6.93. The fraction of sp³-hybridized carbons (Fsp3) is 0.917. The van der Waals surface area contributed by atoms with Crippen molar-refractivity contribution in [1.29, 1.82) is 0 Å². The van der Waals surface area contributed by atoms with Crippen LogP contribution < -0.4 is 0 Å². The minimum atomic E-state index is -0.234. The third-order valence-electron chi connectivity index (χ3n) is 2.37. The zero-order chi connectivity index (χ0) is 11.9. The van der Waals surface area contributed by atoms with Crippen LogP contribution in [0.15, 0.2) is 0 Å². The first-order valence-corrected chi connectivity index (χ1v) is 5.90. The highest BCUT2D eigenvalue weighted by molar-refractivity contribution is 5.73. The van der Waals surface area contributed by atoms with E-state index in [1.807, 2.05) is 28.1 Å². The maximum atomic E-state index is 11.9. The van der Waals surface area contributed by atoms with E-state index < -0.39 is 0 Å². The van der Waals surface area contributed by atoms with Crippen LogP contribution in [-0.4, -0.2) is 44.2 Å². The van der Waals surface area contributed by atoms with Gasteiger partial charge in [-0.2, -0.15) is 0 Å². The third-order valence-corrected chi connectivity index (χ3v) is 2.37. The molecule has 0 saturated carbocycles. The summed E-state index contributed by atoms with van der Waals surface area (Å²) < 4.78 is 5.96. The van der Waals surface area contributed by atoms with E-state index in [9.17, 15) is 4.79 Å². The Morgan fingerprint density at radius 3 is 2.20 bits per heavy atom. The van der Waals surface area contributed by atoms with Gasteiger partial charge in [0.15, 0.2) is 6.10 Å². The van der Waals surface area contributed by atoms with Gasteiger partial charge in [-0.05, 0) is 12.8 Å². The molecule has 0 fully saturated rings. The Bertz CT molecular complexity index is 185. The topological polar surface area (TPSA) is 26.3 Å². The molecule has 0 saturated heterocycles. The highest BCUT2D eigenvalue weighted by Gasteiger charge is 2.29.